The molecule has 26 heavy (non-hydrogen) atoms. The molecule has 0 saturated carbocycles. The van der Waals surface area contributed by atoms with Crippen LogP contribution >= 0.6 is 11.3 Å². The van der Waals surface area contributed by atoms with Gasteiger partial charge in [-0.3, -0.25) is 9.48 Å². The van der Waals surface area contributed by atoms with Gasteiger partial charge in [0.15, 0.2) is 0 Å². The van der Waals surface area contributed by atoms with Crippen LogP contribution in [0, 0.1) is 6.92 Å². The van der Waals surface area contributed by atoms with Gasteiger partial charge in [-0.25, -0.2) is 9.67 Å². The zero-order valence-electron chi connectivity index (χ0n) is 14.5. The Labute approximate surface area is 154 Å². The lowest BCUT2D eigenvalue weighted by molar-refractivity contribution is 0.0955. The lowest BCUT2D eigenvalue weighted by atomic mass is 10.1. The predicted molar refractivity (Wildman–Crippen MR) is 100 cm³/mol. The molecule has 1 aromatic carbocycles. The van der Waals surface area contributed by atoms with E-state index in [-0.39, 0.29) is 5.91 Å². The van der Waals surface area contributed by atoms with Crippen LogP contribution in [0.5, 0.6) is 0 Å². The number of amides is 1. The standard InChI is InChI=1S/C18H18N6OS/c1-12-15-7-16(26-18(15)23(2)22-12)17(25)20-8-13-4-3-5-14(6-13)9-24-11-19-10-21-24/h3-7,10-11H,8-9H2,1-2H3,(H,20,25). The second-order valence-electron chi connectivity index (χ2n) is 6.13. The van der Waals surface area contributed by atoms with Gasteiger partial charge in [-0.1, -0.05) is 24.3 Å². The second kappa shape index (κ2) is 6.72. The Bertz CT molecular complexity index is 1030. The quantitative estimate of drug-likeness (QED) is 0.589. The van der Waals surface area contributed by atoms with Crippen molar-refractivity contribution in [3.05, 3.63) is 64.7 Å². The van der Waals surface area contributed by atoms with Gasteiger partial charge in [0.1, 0.15) is 17.5 Å². The molecular formula is C18H18N6OS. The van der Waals surface area contributed by atoms with E-state index in [9.17, 15) is 4.79 Å². The zero-order chi connectivity index (χ0) is 18.1. The van der Waals surface area contributed by atoms with Crippen LogP contribution in [0.1, 0.15) is 26.5 Å². The maximum atomic E-state index is 12.5. The molecule has 0 fully saturated rings. The fraction of sp³-hybridized carbons (Fsp3) is 0.222. The average molecular weight is 366 g/mol. The summed E-state index contributed by atoms with van der Waals surface area (Å²) in [6, 6.07) is 10.0. The molecule has 0 unspecified atom stereocenters. The molecule has 3 aromatic heterocycles. The molecule has 1 N–H and O–H groups in total. The summed E-state index contributed by atoms with van der Waals surface area (Å²) in [5.74, 6) is -0.0627. The van der Waals surface area contributed by atoms with Gasteiger partial charge in [-0.2, -0.15) is 10.2 Å². The number of nitrogens with zero attached hydrogens (tertiary/aromatic N) is 5. The summed E-state index contributed by atoms with van der Waals surface area (Å²) in [4.78, 5) is 18.2. The van der Waals surface area contributed by atoms with E-state index in [0.717, 1.165) is 27.0 Å². The van der Waals surface area contributed by atoms with E-state index >= 15 is 0 Å². The van der Waals surface area contributed by atoms with Crippen LogP contribution in [-0.4, -0.2) is 30.5 Å². The molecule has 4 rings (SSSR count). The Morgan fingerprint density at radius 2 is 2.12 bits per heavy atom. The van der Waals surface area contributed by atoms with Gasteiger partial charge >= 0.3 is 0 Å². The van der Waals surface area contributed by atoms with E-state index < -0.39 is 0 Å². The second-order valence-corrected chi connectivity index (χ2v) is 7.16. The number of nitrogens with one attached hydrogen (secondary N) is 1. The molecule has 0 atom stereocenters. The average Bonchev–Trinajstić information content (AvgIpc) is 3.34. The minimum absolute atomic E-state index is 0.0627. The maximum absolute atomic E-state index is 12.5. The maximum Gasteiger partial charge on any atom is 0.261 e. The Morgan fingerprint density at radius 1 is 1.27 bits per heavy atom. The van der Waals surface area contributed by atoms with Crippen molar-refractivity contribution in [3.8, 4) is 0 Å². The molecule has 4 aromatic rings. The van der Waals surface area contributed by atoms with Crippen molar-refractivity contribution < 1.29 is 4.79 Å². The van der Waals surface area contributed by atoms with E-state index in [1.807, 2.05) is 42.9 Å². The van der Waals surface area contributed by atoms with Crippen molar-refractivity contribution in [2.75, 3.05) is 0 Å². The molecule has 132 valence electrons. The minimum atomic E-state index is -0.0627. The normalized spacial score (nSPS) is 11.2. The van der Waals surface area contributed by atoms with E-state index in [2.05, 4.69) is 26.6 Å². The molecule has 0 spiro atoms. The Hall–Kier alpha value is -3.00. The number of aryl methyl sites for hydroxylation is 2. The molecule has 1 amide bonds. The van der Waals surface area contributed by atoms with Crippen molar-refractivity contribution >= 4 is 27.5 Å². The summed E-state index contributed by atoms with van der Waals surface area (Å²) in [7, 11) is 1.90. The number of fused-ring (bicyclic) bond motifs is 1. The van der Waals surface area contributed by atoms with Gasteiger partial charge < -0.3 is 5.32 Å². The largest absolute Gasteiger partial charge is 0.347 e. The summed E-state index contributed by atoms with van der Waals surface area (Å²) in [6.07, 6.45) is 3.21. The third-order valence-corrected chi connectivity index (χ3v) is 5.38. The van der Waals surface area contributed by atoms with Crippen LogP contribution in [0.25, 0.3) is 10.2 Å². The summed E-state index contributed by atoms with van der Waals surface area (Å²) in [5.41, 5.74) is 3.11. The van der Waals surface area contributed by atoms with Gasteiger partial charge in [0, 0.05) is 19.0 Å². The van der Waals surface area contributed by atoms with Crippen LogP contribution in [-0.2, 0) is 20.1 Å². The van der Waals surface area contributed by atoms with Crippen molar-refractivity contribution in [1.29, 1.82) is 0 Å². The SMILES string of the molecule is Cc1nn(C)c2sc(C(=O)NCc3cccc(Cn4cncn4)c3)cc12. The predicted octanol–water partition coefficient (Wildman–Crippen LogP) is 2.51. The summed E-state index contributed by atoms with van der Waals surface area (Å²) in [6.45, 7) is 3.09. The fourth-order valence-corrected chi connectivity index (χ4v) is 3.97. The molecule has 3 heterocycles. The highest BCUT2D eigenvalue weighted by Gasteiger charge is 2.14. The first kappa shape index (κ1) is 16.5. The molecular weight excluding hydrogens is 348 g/mol. The van der Waals surface area contributed by atoms with E-state index in [1.54, 1.807) is 11.0 Å². The number of carbonyl (C=O) groups is 1. The van der Waals surface area contributed by atoms with Gasteiger partial charge in [-0.15, -0.1) is 11.3 Å². The third kappa shape index (κ3) is 3.23. The Kier molecular flexibility index (Phi) is 4.26. The summed E-state index contributed by atoms with van der Waals surface area (Å²) in [5, 5.41) is 12.5. The number of benzene rings is 1. The first-order chi connectivity index (χ1) is 12.6. The number of hydrogen-bond acceptors (Lipinski definition) is 5. The van der Waals surface area contributed by atoms with Crippen molar-refractivity contribution in [3.63, 3.8) is 0 Å². The number of aromatic nitrogens is 5. The van der Waals surface area contributed by atoms with Gasteiger partial charge in [0.05, 0.1) is 17.1 Å². The van der Waals surface area contributed by atoms with Gasteiger partial charge in [-0.05, 0) is 24.1 Å². The van der Waals surface area contributed by atoms with Crippen LogP contribution in [0.15, 0.2) is 43.0 Å². The lowest BCUT2D eigenvalue weighted by Crippen LogP contribution is -2.21. The summed E-state index contributed by atoms with van der Waals surface area (Å²) < 4.78 is 3.59. The molecule has 0 bridgehead atoms. The fourth-order valence-electron chi connectivity index (χ4n) is 2.93. The van der Waals surface area contributed by atoms with Gasteiger partial charge in [0.2, 0.25) is 0 Å². The number of hydrogen-bond donors (Lipinski definition) is 1. The van der Waals surface area contributed by atoms with Crippen molar-refractivity contribution in [1.82, 2.24) is 29.9 Å². The van der Waals surface area contributed by atoms with Crippen molar-refractivity contribution in [2.24, 2.45) is 7.05 Å². The number of rotatable bonds is 5. The molecule has 0 aliphatic heterocycles. The first-order valence-corrected chi connectivity index (χ1v) is 9.03. The Morgan fingerprint density at radius 3 is 2.88 bits per heavy atom. The van der Waals surface area contributed by atoms with E-state index in [4.69, 9.17) is 0 Å². The van der Waals surface area contributed by atoms with Crippen LogP contribution in [0.3, 0.4) is 0 Å². The van der Waals surface area contributed by atoms with Crippen LogP contribution in [0.2, 0.25) is 0 Å². The number of thiophene rings is 1. The Balaban J connectivity index is 1.44. The van der Waals surface area contributed by atoms with Crippen molar-refractivity contribution in [2.45, 2.75) is 20.0 Å². The smallest absolute Gasteiger partial charge is 0.261 e. The molecule has 0 aliphatic rings. The van der Waals surface area contributed by atoms with E-state index in [0.29, 0.717) is 18.0 Å². The molecule has 7 nitrogen and oxygen atoms in total. The third-order valence-electron chi connectivity index (χ3n) is 4.18. The topological polar surface area (TPSA) is 77.6 Å². The highest BCUT2D eigenvalue weighted by molar-refractivity contribution is 7.20. The zero-order valence-corrected chi connectivity index (χ0v) is 15.3. The molecule has 0 aliphatic carbocycles. The number of carbonyl (C=O) groups excluding carboxylic acids is 1. The lowest BCUT2D eigenvalue weighted by Gasteiger charge is -2.07. The van der Waals surface area contributed by atoms with Crippen LogP contribution in [0.4, 0.5) is 0 Å². The van der Waals surface area contributed by atoms with Gasteiger partial charge in [0.25, 0.3) is 5.91 Å². The molecule has 0 saturated heterocycles. The van der Waals surface area contributed by atoms with Crippen LogP contribution < -0.4 is 5.32 Å². The minimum Gasteiger partial charge on any atom is -0.347 e. The molecule has 0 radical (unpaired) electrons. The highest BCUT2D eigenvalue weighted by atomic mass is 32.1. The van der Waals surface area contributed by atoms with E-state index in [1.165, 1.54) is 17.7 Å². The highest BCUT2D eigenvalue weighted by Crippen LogP contribution is 2.27. The first-order valence-electron chi connectivity index (χ1n) is 8.22. The summed E-state index contributed by atoms with van der Waals surface area (Å²) >= 11 is 1.46. The monoisotopic (exact) mass is 366 g/mol. The molecule has 8 heteroatoms.